The van der Waals surface area contributed by atoms with E-state index >= 15 is 0 Å². The van der Waals surface area contributed by atoms with Crippen LogP contribution in [0, 0.1) is 5.92 Å². The van der Waals surface area contributed by atoms with Crippen LogP contribution in [0.5, 0.6) is 11.6 Å². The first-order valence-electron chi connectivity index (χ1n) is 9.50. The molecule has 1 aliphatic heterocycles. The summed E-state index contributed by atoms with van der Waals surface area (Å²) in [5.74, 6) is 1.58. The Balaban J connectivity index is 1.32. The molecule has 3 aromatic rings. The molecule has 2 aromatic heterocycles. The van der Waals surface area contributed by atoms with Gasteiger partial charge in [-0.2, -0.15) is 0 Å². The fourth-order valence-corrected chi connectivity index (χ4v) is 4.31. The van der Waals surface area contributed by atoms with Gasteiger partial charge in [-0.15, -0.1) is 0 Å². The van der Waals surface area contributed by atoms with Gasteiger partial charge in [0.1, 0.15) is 18.5 Å². The SMILES string of the molecule is O[C@@H]1CO[C@H]2C1CC[C@H]2Oc1cc2nc(COc3ccccc3)c(Cl)cc2[nH]1. The van der Waals surface area contributed by atoms with Gasteiger partial charge in [-0.1, -0.05) is 29.8 Å². The van der Waals surface area contributed by atoms with E-state index in [1.807, 2.05) is 42.5 Å². The highest BCUT2D eigenvalue weighted by molar-refractivity contribution is 6.31. The lowest BCUT2D eigenvalue weighted by molar-refractivity contribution is 0.0154. The van der Waals surface area contributed by atoms with Crippen molar-refractivity contribution in [2.24, 2.45) is 5.92 Å². The Morgan fingerprint density at radius 3 is 2.93 bits per heavy atom. The first-order chi connectivity index (χ1) is 13.7. The van der Waals surface area contributed by atoms with Crippen molar-refractivity contribution in [1.29, 1.82) is 0 Å². The molecule has 7 heteroatoms. The smallest absolute Gasteiger partial charge is 0.193 e. The molecule has 1 aromatic carbocycles. The van der Waals surface area contributed by atoms with Crippen molar-refractivity contribution in [1.82, 2.24) is 9.97 Å². The Bertz CT molecular complexity index is 977. The molecule has 1 aliphatic carbocycles. The van der Waals surface area contributed by atoms with Crippen LogP contribution in [0.3, 0.4) is 0 Å². The molecule has 6 nitrogen and oxygen atoms in total. The van der Waals surface area contributed by atoms with Crippen molar-refractivity contribution >= 4 is 22.6 Å². The second-order valence-electron chi connectivity index (χ2n) is 7.35. The first-order valence-corrected chi connectivity index (χ1v) is 9.87. The zero-order valence-electron chi connectivity index (χ0n) is 15.2. The maximum absolute atomic E-state index is 9.97. The maximum Gasteiger partial charge on any atom is 0.193 e. The number of para-hydroxylation sites is 1. The number of pyridine rings is 1. The zero-order chi connectivity index (χ0) is 19.1. The van der Waals surface area contributed by atoms with Crippen molar-refractivity contribution in [2.75, 3.05) is 6.61 Å². The predicted molar refractivity (Wildman–Crippen MR) is 105 cm³/mol. The molecule has 2 N–H and O–H groups in total. The Labute approximate surface area is 167 Å². The minimum Gasteiger partial charge on any atom is -0.487 e. The monoisotopic (exact) mass is 400 g/mol. The molecule has 28 heavy (non-hydrogen) atoms. The van der Waals surface area contributed by atoms with Crippen LogP contribution in [0.15, 0.2) is 42.5 Å². The average Bonchev–Trinajstić information content (AvgIpc) is 3.38. The molecule has 1 unspecified atom stereocenters. The molecule has 0 bridgehead atoms. The van der Waals surface area contributed by atoms with Gasteiger partial charge in [0.25, 0.3) is 0 Å². The second-order valence-corrected chi connectivity index (χ2v) is 7.76. The molecule has 1 saturated heterocycles. The summed E-state index contributed by atoms with van der Waals surface area (Å²) in [5, 5.41) is 10.5. The van der Waals surface area contributed by atoms with Crippen LogP contribution in [-0.4, -0.2) is 40.0 Å². The van der Waals surface area contributed by atoms with E-state index in [0.717, 1.165) is 29.6 Å². The number of H-pyrrole nitrogens is 1. The molecule has 2 fully saturated rings. The van der Waals surface area contributed by atoms with Crippen molar-refractivity contribution in [3.05, 3.63) is 53.2 Å². The Kier molecular flexibility index (Phi) is 4.62. The summed E-state index contributed by atoms with van der Waals surface area (Å²) in [5.41, 5.74) is 2.25. The average molecular weight is 401 g/mol. The van der Waals surface area contributed by atoms with E-state index in [9.17, 15) is 5.11 Å². The molecule has 5 rings (SSSR count). The van der Waals surface area contributed by atoms with Crippen LogP contribution < -0.4 is 9.47 Å². The summed E-state index contributed by atoms with van der Waals surface area (Å²) in [6.07, 6.45) is 1.29. The summed E-state index contributed by atoms with van der Waals surface area (Å²) in [6.45, 7) is 0.683. The summed E-state index contributed by atoms with van der Waals surface area (Å²) in [7, 11) is 0. The second kappa shape index (κ2) is 7.28. The van der Waals surface area contributed by atoms with Crippen molar-refractivity contribution in [3.8, 4) is 11.6 Å². The number of aliphatic hydroxyl groups excluding tert-OH is 1. The van der Waals surface area contributed by atoms with Crippen LogP contribution in [-0.2, 0) is 11.3 Å². The summed E-state index contributed by atoms with van der Waals surface area (Å²) < 4.78 is 17.6. The number of ether oxygens (including phenoxy) is 3. The highest BCUT2D eigenvalue weighted by Crippen LogP contribution is 2.38. The molecule has 0 spiro atoms. The largest absolute Gasteiger partial charge is 0.487 e. The number of aromatic amines is 1. The molecule has 3 heterocycles. The summed E-state index contributed by atoms with van der Waals surface area (Å²) in [4.78, 5) is 7.85. The minimum atomic E-state index is -0.381. The number of nitrogens with zero attached hydrogens (tertiary/aromatic N) is 1. The van der Waals surface area contributed by atoms with Gasteiger partial charge in [0.2, 0.25) is 0 Å². The third-order valence-corrected chi connectivity index (χ3v) is 5.85. The van der Waals surface area contributed by atoms with Crippen LogP contribution in [0.2, 0.25) is 5.02 Å². The summed E-state index contributed by atoms with van der Waals surface area (Å²) in [6, 6.07) is 13.3. The molecule has 146 valence electrons. The van der Waals surface area contributed by atoms with E-state index in [0.29, 0.717) is 23.2 Å². The minimum absolute atomic E-state index is 0.0483. The van der Waals surface area contributed by atoms with Crippen LogP contribution in [0.1, 0.15) is 18.5 Å². The lowest BCUT2D eigenvalue weighted by atomic mass is 10.0. The van der Waals surface area contributed by atoms with Crippen molar-refractivity contribution < 1.29 is 19.3 Å². The third-order valence-electron chi connectivity index (χ3n) is 5.53. The molecular weight excluding hydrogens is 380 g/mol. The standard InChI is InChI=1S/C21H21ClN2O4/c22-14-8-15-16(23-17(14)10-26-12-4-2-1-3-5-12)9-20(24-15)28-19-7-6-13-18(25)11-27-21(13)19/h1-5,8-9,13,18-19,21,24-25H,6-7,10-11H2/t13?,18-,19-,21+/m1/s1. The third kappa shape index (κ3) is 3.32. The predicted octanol–water partition coefficient (Wildman–Crippen LogP) is 3.71. The molecule has 2 aliphatic rings. The van der Waals surface area contributed by atoms with Gasteiger partial charge in [0, 0.05) is 12.0 Å². The van der Waals surface area contributed by atoms with Crippen LogP contribution >= 0.6 is 11.6 Å². The number of halogens is 1. The molecule has 1 saturated carbocycles. The highest BCUT2D eigenvalue weighted by Gasteiger charge is 2.47. The van der Waals surface area contributed by atoms with E-state index in [-0.39, 0.29) is 30.8 Å². The lowest BCUT2D eigenvalue weighted by Gasteiger charge is -2.18. The van der Waals surface area contributed by atoms with E-state index in [1.54, 1.807) is 0 Å². The lowest BCUT2D eigenvalue weighted by Crippen LogP contribution is -2.30. The number of aromatic nitrogens is 2. The van der Waals surface area contributed by atoms with Gasteiger partial charge < -0.3 is 24.3 Å². The molecule has 0 radical (unpaired) electrons. The number of fused-ring (bicyclic) bond motifs is 2. The van der Waals surface area contributed by atoms with Gasteiger partial charge in [0.15, 0.2) is 5.88 Å². The normalized spacial score (nSPS) is 26.5. The fraction of sp³-hybridized carbons (Fsp3) is 0.381. The van der Waals surface area contributed by atoms with E-state index in [1.165, 1.54) is 0 Å². The molecular formula is C21H21ClN2O4. The van der Waals surface area contributed by atoms with Crippen LogP contribution in [0.4, 0.5) is 0 Å². The Morgan fingerprint density at radius 1 is 1.21 bits per heavy atom. The van der Waals surface area contributed by atoms with Gasteiger partial charge in [-0.3, -0.25) is 0 Å². The van der Waals surface area contributed by atoms with Gasteiger partial charge in [-0.25, -0.2) is 4.98 Å². The quantitative estimate of drug-likeness (QED) is 0.682. The van der Waals surface area contributed by atoms with Crippen molar-refractivity contribution in [2.45, 2.75) is 37.8 Å². The van der Waals surface area contributed by atoms with Gasteiger partial charge in [-0.05, 0) is 31.0 Å². The number of rotatable bonds is 5. The first kappa shape index (κ1) is 17.8. The van der Waals surface area contributed by atoms with Gasteiger partial charge >= 0.3 is 0 Å². The highest BCUT2D eigenvalue weighted by atomic mass is 35.5. The fourth-order valence-electron chi connectivity index (χ4n) is 4.10. The van der Waals surface area contributed by atoms with Crippen molar-refractivity contribution in [3.63, 3.8) is 0 Å². The molecule has 4 atom stereocenters. The van der Waals surface area contributed by atoms with E-state index in [4.69, 9.17) is 25.8 Å². The van der Waals surface area contributed by atoms with Gasteiger partial charge in [0.05, 0.1) is 40.6 Å². The number of aliphatic hydroxyl groups is 1. The Hall–Kier alpha value is -2.28. The molecule has 0 amide bonds. The topological polar surface area (TPSA) is 76.6 Å². The Morgan fingerprint density at radius 2 is 2.07 bits per heavy atom. The maximum atomic E-state index is 9.97. The number of nitrogens with one attached hydrogen (secondary N) is 1. The van der Waals surface area contributed by atoms with E-state index in [2.05, 4.69) is 9.97 Å². The van der Waals surface area contributed by atoms with Crippen LogP contribution in [0.25, 0.3) is 11.0 Å². The number of benzene rings is 1. The van der Waals surface area contributed by atoms with E-state index < -0.39 is 0 Å². The summed E-state index contributed by atoms with van der Waals surface area (Å²) >= 11 is 6.39. The number of hydrogen-bond acceptors (Lipinski definition) is 5. The number of hydrogen-bond donors (Lipinski definition) is 2. The zero-order valence-corrected chi connectivity index (χ0v) is 15.9.